The Balaban J connectivity index is 0.00000208. The topological polar surface area (TPSA) is 87.2 Å². The molecule has 3 rings (SSSR count). The molecule has 1 amide bonds. The van der Waals surface area contributed by atoms with Crippen LogP contribution in [0.1, 0.15) is 13.3 Å². The van der Waals surface area contributed by atoms with E-state index in [0.717, 1.165) is 6.54 Å². The van der Waals surface area contributed by atoms with Gasteiger partial charge in [0.05, 0.1) is 10.9 Å². The molecule has 2 heterocycles. The molecule has 1 aliphatic rings. The molecule has 0 saturated carbocycles. The van der Waals surface area contributed by atoms with Gasteiger partial charge in [-0.05, 0) is 19.1 Å². The molecule has 0 bridgehead atoms. The summed E-state index contributed by atoms with van der Waals surface area (Å²) in [6.45, 7) is 4.45. The number of aromatic amines is 1. The summed E-state index contributed by atoms with van der Waals surface area (Å²) < 4.78 is 1.46. The number of hydrogen-bond donors (Lipinski definition) is 2. The van der Waals surface area contributed by atoms with Crippen LogP contribution in [0.15, 0.2) is 33.9 Å². The van der Waals surface area contributed by atoms with Gasteiger partial charge in [0.25, 0.3) is 5.56 Å². The minimum absolute atomic E-state index is 0. The number of hydrogen-bond acceptors (Lipinski definition) is 4. The molecule has 1 fully saturated rings. The fourth-order valence-electron chi connectivity index (χ4n) is 2.99. The Morgan fingerprint density at radius 1 is 1.29 bits per heavy atom. The Kier molecular flexibility index (Phi) is 5.80. The summed E-state index contributed by atoms with van der Waals surface area (Å²) in [5.74, 6) is 0.0283. The summed E-state index contributed by atoms with van der Waals surface area (Å²) in [6, 6.07) is 7.20. The third-order valence-electron chi connectivity index (χ3n) is 4.18. The van der Waals surface area contributed by atoms with E-state index < -0.39 is 11.2 Å². The number of nitrogens with zero attached hydrogens (tertiary/aromatic N) is 2. The molecule has 1 unspecified atom stereocenters. The van der Waals surface area contributed by atoms with Crippen molar-refractivity contribution in [1.82, 2.24) is 19.8 Å². The Morgan fingerprint density at radius 3 is 2.79 bits per heavy atom. The van der Waals surface area contributed by atoms with Gasteiger partial charge in [0.2, 0.25) is 5.91 Å². The highest BCUT2D eigenvalue weighted by Crippen LogP contribution is 2.08. The number of piperazine rings is 1. The number of H-pyrrole nitrogens is 1. The zero-order chi connectivity index (χ0) is 16.4. The largest absolute Gasteiger partial charge is 0.340 e. The van der Waals surface area contributed by atoms with Crippen LogP contribution in [-0.2, 0) is 11.3 Å². The molecular weight excluding hydrogens is 332 g/mol. The van der Waals surface area contributed by atoms with Crippen molar-refractivity contribution in [3.63, 3.8) is 0 Å². The third kappa shape index (κ3) is 3.68. The van der Waals surface area contributed by atoms with Gasteiger partial charge >= 0.3 is 5.69 Å². The highest BCUT2D eigenvalue weighted by Gasteiger charge is 2.20. The van der Waals surface area contributed by atoms with Crippen molar-refractivity contribution in [3.8, 4) is 0 Å². The molecule has 8 heteroatoms. The molecule has 7 nitrogen and oxygen atoms in total. The van der Waals surface area contributed by atoms with Gasteiger partial charge in [-0.3, -0.25) is 19.1 Å². The Morgan fingerprint density at radius 2 is 2.04 bits per heavy atom. The van der Waals surface area contributed by atoms with E-state index in [-0.39, 0.29) is 37.3 Å². The standard InChI is InChI=1S/C16H20N4O3.ClH/c1-11-10-19(9-7-17-11)14(21)6-8-20-13-5-3-2-4-12(13)15(22)18-16(20)23;/h2-5,11,17H,6-10H2,1H3,(H,18,22,23);1H. The van der Waals surface area contributed by atoms with E-state index >= 15 is 0 Å². The van der Waals surface area contributed by atoms with Gasteiger partial charge in [-0.25, -0.2) is 4.79 Å². The van der Waals surface area contributed by atoms with Crippen LogP contribution in [0.5, 0.6) is 0 Å². The monoisotopic (exact) mass is 352 g/mol. The fourth-order valence-corrected chi connectivity index (χ4v) is 2.99. The summed E-state index contributed by atoms with van der Waals surface area (Å²) in [7, 11) is 0. The number of aryl methyl sites for hydroxylation is 1. The second kappa shape index (κ2) is 7.63. The van der Waals surface area contributed by atoms with Gasteiger partial charge in [0.15, 0.2) is 0 Å². The molecule has 1 aromatic heterocycles. The third-order valence-corrected chi connectivity index (χ3v) is 4.18. The van der Waals surface area contributed by atoms with E-state index in [1.807, 2.05) is 11.8 Å². The number of halogens is 1. The Labute approximate surface area is 145 Å². The minimum atomic E-state index is -0.477. The number of amides is 1. The second-order valence-electron chi connectivity index (χ2n) is 5.87. The minimum Gasteiger partial charge on any atom is -0.340 e. The van der Waals surface area contributed by atoms with Crippen molar-refractivity contribution in [2.45, 2.75) is 25.9 Å². The van der Waals surface area contributed by atoms with Crippen LogP contribution in [0, 0.1) is 0 Å². The molecule has 130 valence electrons. The number of carbonyl (C=O) groups is 1. The highest BCUT2D eigenvalue weighted by atomic mass is 35.5. The van der Waals surface area contributed by atoms with Crippen LogP contribution in [0.2, 0.25) is 0 Å². The molecule has 0 radical (unpaired) electrons. The van der Waals surface area contributed by atoms with Crippen LogP contribution in [-0.4, -0.2) is 46.0 Å². The molecule has 2 aromatic rings. The van der Waals surface area contributed by atoms with Crippen LogP contribution in [0.4, 0.5) is 0 Å². The van der Waals surface area contributed by atoms with E-state index in [1.54, 1.807) is 24.3 Å². The molecule has 0 aliphatic carbocycles. The average molecular weight is 353 g/mol. The summed E-state index contributed by atoms with van der Waals surface area (Å²) in [5.41, 5.74) is -0.318. The predicted molar refractivity (Wildman–Crippen MR) is 94.7 cm³/mol. The van der Waals surface area contributed by atoms with Crippen LogP contribution in [0.3, 0.4) is 0 Å². The first-order chi connectivity index (χ1) is 11.1. The molecule has 1 aliphatic heterocycles. The SMILES string of the molecule is CC1CN(C(=O)CCn2c(=O)[nH]c(=O)c3ccccc32)CCN1.Cl. The lowest BCUT2D eigenvalue weighted by Crippen LogP contribution is -2.51. The van der Waals surface area contributed by atoms with E-state index in [0.29, 0.717) is 24.0 Å². The van der Waals surface area contributed by atoms with Crippen molar-refractivity contribution in [1.29, 1.82) is 0 Å². The number of rotatable bonds is 3. The number of para-hydroxylation sites is 1. The molecule has 1 saturated heterocycles. The zero-order valence-corrected chi connectivity index (χ0v) is 14.3. The van der Waals surface area contributed by atoms with Crippen LogP contribution in [0.25, 0.3) is 10.9 Å². The van der Waals surface area contributed by atoms with Crippen molar-refractivity contribution in [2.24, 2.45) is 0 Å². The second-order valence-corrected chi connectivity index (χ2v) is 5.87. The lowest BCUT2D eigenvalue weighted by Gasteiger charge is -2.32. The van der Waals surface area contributed by atoms with Gasteiger partial charge in [-0.1, -0.05) is 12.1 Å². The average Bonchev–Trinajstić information content (AvgIpc) is 2.54. The maximum absolute atomic E-state index is 12.3. The van der Waals surface area contributed by atoms with Crippen molar-refractivity contribution < 1.29 is 4.79 Å². The summed E-state index contributed by atoms with van der Waals surface area (Å²) in [4.78, 5) is 40.4. The number of nitrogens with one attached hydrogen (secondary N) is 2. The lowest BCUT2D eigenvalue weighted by molar-refractivity contribution is -0.132. The molecule has 2 N–H and O–H groups in total. The van der Waals surface area contributed by atoms with E-state index in [2.05, 4.69) is 10.3 Å². The quantitative estimate of drug-likeness (QED) is 0.833. The Bertz CT molecular complexity index is 845. The van der Waals surface area contributed by atoms with Gasteiger partial charge in [-0.15, -0.1) is 12.4 Å². The molecule has 0 spiro atoms. The van der Waals surface area contributed by atoms with E-state index in [4.69, 9.17) is 0 Å². The number of aromatic nitrogens is 2. The Hall–Kier alpha value is -2.12. The first kappa shape index (κ1) is 18.2. The normalized spacial score (nSPS) is 17.5. The van der Waals surface area contributed by atoms with Crippen molar-refractivity contribution >= 4 is 29.2 Å². The maximum Gasteiger partial charge on any atom is 0.328 e. The maximum atomic E-state index is 12.3. The molecular formula is C16H21ClN4O3. The smallest absolute Gasteiger partial charge is 0.328 e. The van der Waals surface area contributed by atoms with E-state index in [1.165, 1.54) is 4.57 Å². The van der Waals surface area contributed by atoms with Crippen molar-refractivity contribution in [2.75, 3.05) is 19.6 Å². The zero-order valence-electron chi connectivity index (χ0n) is 13.4. The van der Waals surface area contributed by atoms with Gasteiger partial charge in [0.1, 0.15) is 0 Å². The van der Waals surface area contributed by atoms with Crippen LogP contribution < -0.4 is 16.6 Å². The number of fused-ring (bicyclic) bond motifs is 1. The van der Waals surface area contributed by atoms with Gasteiger partial charge in [0, 0.05) is 38.6 Å². The number of benzene rings is 1. The molecule has 1 atom stereocenters. The predicted octanol–water partition coefficient (Wildman–Crippen LogP) is 0.322. The van der Waals surface area contributed by atoms with Crippen molar-refractivity contribution in [3.05, 3.63) is 45.1 Å². The summed E-state index contributed by atoms with van der Waals surface area (Å²) >= 11 is 0. The molecule has 24 heavy (non-hydrogen) atoms. The number of carbonyl (C=O) groups excluding carboxylic acids is 1. The van der Waals surface area contributed by atoms with E-state index in [9.17, 15) is 14.4 Å². The fraction of sp³-hybridized carbons (Fsp3) is 0.438. The first-order valence-corrected chi connectivity index (χ1v) is 7.79. The highest BCUT2D eigenvalue weighted by molar-refractivity contribution is 5.85. The molecule has 1 aromatic carbocycles. The summed E-state index contributed by atoms with van der Waals surface area (Å²) in [5, 5.41) is 3.75. The van der Waals surface area contributed by atoms with Gasteiger partial charge < -0.3 is 10.2 Å². The summed E-state index contributed by atoms with van der Waals surface area (Å²) in [6.07, 6.45) is 0.239. The first-order valence-electron chi connectivity index (χ1n) is 7.79. The van der Waals surface area contributed by atoms with Crippen LogP contribution >= 0.6 is 12.4 Å². The lowest BCUT2D eigenvalue weighted by atomic mass is 10.2. The van der Waals surface area contributed by atoms with Gasteiger partial charge in [-0.2, -0.15) is 0 Å².